The zero-order valence-electron chi connectivity index (χ0n) is 12.8. The van der Waals surface area contributed by atoms with E-state index >= 15 is 0 Å². The van der Waals surface area contributed by atoms with Crippen molar-refractivity contribution < 1.29 is 4.42 Å². The highest BCUT2D eigenvalue weighted by atomic mass is 16.3. The molecule has 3 heteroatoms. The van der Waals surface area contributed by atoms with Gasteiger partial charge in [0.05, 0.1) is 12.8 Å². The van der Waals surface area contributed by atoms with Crippen LogP contribution in [0.5, 0.6) is 0 Å². The number of nitrogens with zero attached hydrogens (tertiary/aromatic N) is 1. The number of hydrogen-bond acceptors (Lipinski definition) is 3. The number of rotatable bonds is 5. The van der Waals surface area contributed by atoms with Crippen LogP contribution in [0, 0.1) is 0 Å². The van der Waals surface area contributed by atoms with Crippen LogP contribution in [-0.4, -0.2) is 13.1 Å². The Morgan fingerprint density at radius 1 is 1.19 bits per heavy atom. The molecule has 1 aromatic carbocycles. The normalized spacial score (nSPS) is 14.8. The summed E-state index contributed by atoms with van der Waals surface area (Å²) in [6, 6.07) is 10.9. The third-order valence-electron chi connectivity index (χ3n) is 4.19. The fraction of sp³-hybridized carbons (Fsp3) is 0.444. The molecule has 3 rings (SSSR count). The van der Waals surface area contributed by atoms with E-state index in [1.807, 2.05) is 6.26 Å². The van der Waals surface area contributed by atoms with E-state index in [-0.39, 0.29) is 0 Å². The second-order valence-corrected chi connectivity index (χ2v) is 5.66. The molecule has 0 saturated heterocycles. The maximum atomic E-state index is 5.64. The number of fused-ring (bicyclic) bond motifs is 1. The number of aryl methyl sites for hydroxylation is 1. The first-order valence-corrected chi connectivity index (χ1v) is 7.97. The number of benzene rings is 1. The van der Waals surface area contributed by atoms with Crippen molar-refractivity contribution in [3.8, 4) is 0 Å². The van der Waals surface area contributed by atoms with Crippen LogP contribution in [0.4, 0.5) is 5.69 Å². The lowest BCUT2D eigenvalue weighted by Gasteiger charge is -2.25. The van der Waals surface area contributed by atoms with Crippen LogP contribution < -0.4 is 10.2 Å². The first-order chi connectivity index (χ1) is 10.4. The van der Waals surface area contributed by atoms with Crippen molar-refractivity contribution in [2.75, 3.05) is 18.0 Å². The fourth-order valence-electron chi connectivity index (χ4n) is 3.04. The standard InChI is InChI=1S/C18H24N2O/c1-2-19-13-18-16(10-12-21-18)14-20-11-6-5-8-15-7-3-4-9-17(15)20/h3-4,7,9-10,12,19H,2,5-6,8,11,13-14H2,1H3. The van der Waals surface area contributed by atoms with Gasteiger partial charge in [-0.25, -0.2) is 0 Å². The molecule has 3 nitrogen and oxygen atoms in total. The van der Waals surface area contributed by atoms with E-state index in [4.69, 9.17) is 4.42 Å². The van der Waals surface area contributed by atoms with Gasteiger partial charge in [0.2, 0.25) is 0 Å². The van der Waals surface area contributed by atoms with Gasteiger partial charge in [0.25, 0.3) is 0 Å². The van der Waals surface area contributed by atoms with E-state index in [1.165, 1.54) is 36.1 Å². The molecule has 0 atom stereocenters. The van der Waals surface area contributed by atoms with E-state index in [0.29, 0.717) is 0 Å². The minimum absolute atomic E-state index is 0.814. The molecule has 0 aliphatic carbocycles. The molecule has 0 unspecified atom stereocenters. The summed E-state index contributed by atoms with van der Waals surface area (Å²) in [7, 11) is 0. The van der Waals surface area contributed by atoms with Gasteiger partial charge in [0.15, 0.2) is 0 Å². The number of para-hydroxylation sites is 1. The summed E-state index contributed by atoms with van der Waals surface area (Å²) in [4.78, 5) is 2.50. The van der Waals surface area contributed by atoms with E-state index in [2.05, 4.69) is 47.5 Å². The van der Waals surface area contributed by atoms with Crippen molar-refractivity contribution in [1.82, 2.24) is 5.32 Å². The van der Waals surface area contributed by atoms with Crippen LogP contribution in [0.1, 0.15) is 36.7 Å². The lowest BCUT2D eigenvalue weighted by Crippen LogP contribution is -2.24. The maximum Gasteiger partial charge on any atom is 0.122 e. The van der Waals surface area contributed by atoms with Gasteiger partial charge in [0, 0.05) is 24.3 Å². The predicted molar refractivity (Wildman–Crippen MR) is 86.5 cm³/mol. The first-order valence-electron chi connectivity index (χ1n) is 7.97. The Balaban J connectivity index is 1.80. The molecule has 0 fully saturated rings. The van der Waals surface area contributed by atoms with Crippen LogP contribution in [0.15, 0.2) is 41.0 Å². The lowest BCUT2D eigenvalue weighted by atomic mass is 10.1. The van der Waals surface area contributed by atoms with Gasteiger partial charge in [-0.05, 0) is 43.5 Å². The summed E-state index contributed by atoms with van der Waals surface area (Å²) in [5.41, 5.74) is 4.17. The minimum Gasteiger partial charge on any atom is -0.468 e. The topological polar surface area (TPSA) is 28.4 Å². The lowest BCUT2D eigenvalue weighted by molar-refractivity contribution is 0.482. The molecule has 1 aliphatic rings. The third kappa shape index (κ3) is 3.30. The van der Waals surface area contributed by atoms with E-state index in [1.54, 1.807) is 0 Å². The molecule has 1 N–H and O–H groups in total. The number of anilines is 1. The van der Waals surface area contributed by atoms with Gasteiger partial charge in [-0.2, -0.15) is 0 Å². The molecular formula is C18H24N2O. The summed E-state index contributed by atoms with van der Waals surface area (Å²) >= 11 is 0. The summed E-state index contributed by atoms with van der Waals surface area (Å²) in [6.07, 6.45) is 5.55. The van der Waals surface area contributed by atoms with Crippen molar-refractivity contribution in [3.05, 3.63) is 53.5 Å². The van der Waals surface area contributed by atoms with Crippen molar-refractivity contribution in [2.24, 2.45) is 0 Å². The van der Waals surface area contributed by atoms with Crippen LogP contribution in [0.3, 0.4) is 0 Å². The molecule has 21 heavy (non-hydrogen) atoms. The second kappa shape index (κ2) is 6.81. The van der Waals surface area contributed by atoms with Gasteiger partial charge < -0.3 is 14.6 Å². The fourth-order valence-corrected chi connectivity index (χ4v) is 3.04. The monoisotopic (exact) mass is 284 g/mol. The molecule has 2 heterocycles. The van der Waals surface area contributed by atoms with E-state index in [0.717, 1.165) is 31.9 Å². The Morgan fingerprint density at radius 3 is 3.00 bits per heavy atom. The molecule has 0 amide bonds. The van der Waals surface area contributed by atoms with Gasteiger partial charge >= 0.3 is 0 Å². The van der Waals surface area contributed by atoms with Crippen LogP contribution >= 0.6 is 0 Å². The van der Waals surface area contributed by atoms with Gasteiger partial charge in [-0.3, -0.25) is 0 Å². The Bertz CT molecular complexity index is 576. The highest BCUT2D eigenvalue weighted by Crippen LogP contribution is 2.28. The Kier molecular flexibility index (Phi) is 4.61. The summed E-state index contributed by atoms with van der Waals surface area (Å²) in [5.74, 6) is 1.07. The first kappa shape index (κ1) is 14.2. The summed E-state index contributed by atoms with van der Waals surface area (Å²) < 4.78 is 5.64. The summed E-state index contributed by atoms with van der Waals surface area (Å²) in [6.45, 7) is 5.96. The highest BCUT2D eigenvalue weighted by Gasteiger charge is 2.17. The van der Waals surface area contributed by atoms with Crippen molar-refractivity contribution in [3.63, 3.8) is 0 Å². The zero-order chi connectivity index (χ0) is 14.5. The second-order valence-electron chi connectivity index (χ2n) is 5.66. The number of hydrogen-bond donors (Lipinski definition) is 1. The molecule has 0 spiro atoms. The largest absolute Gasteiger partial charge is 0.468 e. The Labute approximate surface area is 127 Å². The molecule has 0 radical (unpaired) electrons. The Hall–Kier alpha value is -1.74. The predicted octanol–water partition coefficient (Wildman–Crippen LogP) is 3.73. The Morgan fingerprint density at radius 2 is 2.10 bits per heavy atom. The molecule has 2 aromatic rings. The smallest absolute Gasteiger partial charge is 0.122 e. The third-order valence-corrected chi connectivity index (χ3v) is 4.19. The van der Waals surface area contributed by atoms with Crippen LogP contribution in [0.25, 0.3) is 0 Å². The molecule has 0 bridgehead atoms. The highest BCUT2D eigenvalue weighted by molar-refractivity contribution is 5.54. The zero-order valence-corrected chi connectivity index (χ0v) is 12.8. The van der Waals surface area contributed by atoms with E-state index in [9.17, 15) is 0 Å². The summed E-state index contributed by atoms with van der Waals surface area (Å²) in [5, 5.41) is 3.35. The number of furan rings is 1. The minimum atomic E-state index is 0.814. The van der Waals surface area contributed by atoms with Gasteiger partial charge in [-0.15, -0.1) is 0 Å². The average Bonchev–Trinajstić information content (AvgIpc) is 2.85. The van der Waals surface area contributed by atoms with Crippen LogP contribution in [-0.2, 0) is 19.5 Å². The van der Waals surface area contributed by atoms with Gasteiger partial charge in [-0.1, -0.05) is 25.1 Å². The van der Waals surface area contributed by atoms with Gasteiger partial charge in [0.1, 0.15) is 5.76 Å². The van der Waals surface area contributed by atoms with Crippen LogP contribution in [0.2, 0.25) is 0 Å². The molecule has 112 valence electrons. The van der Waals surface area contributed by atoms with E-state index < -0.39 is 0 Å². The molecular weight excluding hydrogens is 260 g/mol. The maximum absolute atomic E-state index is 5.64. The molecule has 1 aliphatic heterocycles. The average molecular weight is 284 g/mol. The van der Waals surface area contributed by atoms with Crippen molar-refractivity contribution in [2.45, 2.75) is 39.3 Å². The SMILES string of the molecule is CCNCc1occc1CN1CCCCc2ccccc21. The molecule has 0 saturated carbocycles. The van der Waals surface area contributed by atoms with Crippen molar-refractivity contribution >= 4 is 5.69 Å². The number of nitrogens with one attached hydrogen (secondary N) is 1. The quantitative estimate of drug-likeness (QED) is 0.907. The molecule has 1 aromatic heterocycles. The van der Waals surface area contributed by atoms with Crippen molar-refractivity contribution in [1.29, 1.82) is 0 Å².